The number of carbonyl (C=O) groups is 1. The fourth-order valence-corrected chi connectivity index (χ4v) is 6.42. The number of rotatable bonds is 5. The fourth-order valence-electron chi connectivity index (χ4n) is 6.42. The molecule has 4 heteroatoms. The summed E-state index contributed by atoms with van der Waals surface area (Å²) >= 11 is 0. The van der Waals surface area contributed by atoms with E-state index in [4.69, 9.17) is 5.11 Å². The monoisotopic (exact) mass is 357 g/mol. The molecule has 2 saturated carbocycles. The van der Waals surface area contributed by atoms with E-state index < -0.39 is 5.97 Å². The summed E-state index contributed by atoms with van der Waals surface area (Å²) in [5.41, 5.74) is 3.19. The van der Waals surface area contributed by atoms with E-state index >= 15 is 0 Å². The van der Waals surface area contributed by atoms with Crippen molar-refractivity contribution < 1.29 is 15.0 Å². The lowest BCUT2D eigenvalue weighted by Gasteiger charge is -2.51. The Morgan fingerprint density at radius 2 is 2.12 bits per heavy atom. The zero-order valence-corrected chi connectivity index (χ0v) is 15.7. The van der Waals surface area contributed by atoms with Gasteiger partial charge in [0.15, 0.2) is 0 Å². The number of hydrogen-bond acceptors (Lipinski definition) is 3. The highest BCUT2D eigenvalue weighted by Crippen LogP contribution is 2.60. The third-order valence-corrected chi connectivity index (χ3v) is 7.67. The van der Waals surface area contributed by atoms with Crippen LogP contribution in [0.2, 0.25) is 0 Å². The second-order valence-corrected chi connectivity index (χ2v) is 8.92. The first kappa shape index (κ1) is 17.8. The summed E-state index contributed by atoms with van der Waals surface area (Å²) in [6.07, 6.45) is 8.31. The lowest BCUT2D eigenvalue weighted by atomic mass is 9.55. The standard InChI is InChI=1S/C22H31NO3/c1-22-11-10-17-16-7-5-15(24)13-14(16)4-6-18(17)19(22)8-9-20(22)23-12-2-3-21(25)26/h5,7,13,17-20,23-24H,2-4,6,8-12H2,1H3,(H,25,26)/t17?,18?,19?,20?,22-/m0/s1. The summed E-state index contributed by atoms with van der Waals surface area (Å²) in [5, 5.41) is 22.3. The van der Waals surface area contributed by atoms with Gasteiger partial charge in [-0.1, -0.05) is 13.0 Å². The average molecular weight is 357 g/mol. The van der Waals surface area contributed by atoms with Crippen LogP contribution in [0.15, 0.2) is 18.2 Å². The van der Waals surface area contributed by atoms with Gasteiger partial charge in [0.1, 0.15) is 5.75 Å². The molecule has 1 aromatic carbocycles. The summed E-state index contributed by atoms with van der Waals surface area (Å²) in [6.45, 7) is 3.29. The molecule has 0 spiro atoms. The number of phenols is 1. The molecule has 5 atom stereocenters. The molecule has 0 amide bonds. The third-order valence-electron chi connectivity index (χ3n) is 7.67. The van der Waals surface area contributed by atoms with Crippen molar-refractivity contribution in [2.24, 2.45) is 17.3 Å². The topological polar surface area (TPSA) is 69.6 Å². The van der Waals surface area contributed by atoms with E-state index in [0.29, 0.717) is 23.1 Å². The van der Waals surface area contributed by atoms with E-state index in [0.717, 1.165) is 31.2 Å². The minimum atomic E-state index is -0.699. The zero-order chi connectivity index (χ0) is 18.3. The molecule has 0 aliphatic heterocycles. The highest BCUT2D eigenvalue weighted by atomic mass is 16.4. The van der Waals surface area contributed by atoms with E-state index in [1.807, 2.05) is 12.1 Å². The number of fused-ring (bicyclic) bond motifs is 5. The first-order chi connectivity index (χ1) is 12.5. The van der Waals surface area contributed by atoms with Crippen molar-refractivity contribution in [2.45, 2.75) is 70.3 Å². The molecule has 2 fully saturated rings. The summed E-state index contributed by atoms with van der Waals surface area (Å²) in [4.78, 5) is 10.7. The van der Waals surface area contributed by atoms with Crippen molar-refractivity contribution in [2.75, 3.05) is 6.54 Å². The van der Waals surface area contributed by atoms with Crippen LogP contribution in [0.4, 0.5) is 0 Å². The second-order valence-electron chi connectivity index (χ2n) is 8.92. The first-order valence-corrected chi connectivity index (χ1v) is 10.3. The quantitative estimate of drug-likeness (QED) is 0.695. The molecule has 4 unspecified atom stereocenters. The minimum Gasteiger partial charge on any atom is -0.508 e. The third kappa shape index (κ3) is 3.02. The van der Waals surface area contributed by atoms with Crippen LogP contribution < -0.4 is 5.32 Å². The van der Waals surface area contributed by atoms with Crippen LogP contribution in [0.1, 0.15) is 68.9 Å². The predicted octanol–water partition coefficient (Wildman–Crippen LogP) is 4.07. The average Bonchev–Trinajstić information content (AvgIpc) is 2.94. The lowest BCUT2D eigenvalue weighted by molar-refractivity contribution is -0.137. The molecule has 0 saturated heterocycles. The van der Waals surface area contributed by atoms with Crippen LogP contribution in [-0.2, 0) is 11.2 Å². The smallest absolute Gasteiger partial charge is 0.303 e. The number of aromatic hydroxyl groups is 1. The van der Waals surface area contributed by atoms with Crippen LogP contribution in [-0.4, -0.2) is 28.8 Å². The Bertz CT molecular complexity index is 688. The highest BCUT2D eigenvalue weighted by Gasteiger charge is 2.54. The van der Waals surface area contributed by atoms with Crippen molar-refractivity contribution in [1.29, 1.82) is 0 Å². The molecule has 4 rings (SSSR count). The summed E-state index contributed by atoms with van der Waals surface area (Å²) in [7, 11) is 0. The number of aryl methyl sites for hydroxylation is 1. The number of carboxylic acids is 1. The van der Waals surface area contributed by atoms with Gasteiger partial charge in [-0.3, -0.25) is 4.79 Å². The minimum absolute atomic E-state index is 0.258. The van der Waals surface area contributed by atoms with Crippen molar-refractivity contribution in [1.82, 2.24) is 5.32 Å². The largest absolute Gasteiger partial charge is 0.508 e. The molecule has 3 N–H and O–H groups in total. The molecule has 3 aliphatic carbocycles. The zero-order valence-electron chi connectivity index (χ0n) is 15.7. The van der Waals surface area contributed by atoms with E-state index in [1.165, 1.54) is 43.2 Å². The van der Waals surface area contributed by atoms with Gasteiger partial charge < -0.3 is 15.5 Å². The van der Waals surface area contributed by atoms with E-state index in [2.05, 4.69) is 18.3 Å². The number of aliphatic carboxylic acids is 1. The Kier molecular flexibility index (Phi) is 4.72. The maximum Gasteiger partial charge on any atom is 0.303 e. The number of carboxylic acid groups (broad SMARTS) is 1. The fraction of sp³-hybridized carbons (Fsp3) is 0.682. The van der Waals surface area contributed by atoms with Gasteiger partial charge in [-0.25, -0.2) is 0 Å². The Labute approximate surface area is 156 Å². The summed E-state index contributed by atoms with van der Waals surface area (Å²) in [6, 6.07) is 6.53. The Balaban J connectivity index is 1.46. The van der Waals surface area contributed by atoms with Crippen LogP contribution in [0.25, 0.3) is 0 Å². The number of phenolic OH excluding ortho intramolecular Hbond substituents is 1. The molecule has 0 aromatic heterocycles. The van der Waals surface area contributed by atoms with Gasteiger partial charge in [0.25, 0.3) is 0 Å². The molecule has 26 heavy (non-hydrogen) atoms. The van der Waals surface area contributed by atoms with Gasteiger partial charge in [-0.15, -0.1) is 0 Å². The normalized spacial score (nSPS) is 35.4. The van der Waals surface area contributed by atoms with Gasteiger partial charge in [-0.2, -0.15) is 0 Å². The van der Waals surface area contributed by atoms with Crippen LogP contribution in [0.5, 0.6) is 5.75 Å². The van der Waals surface area contributed by atoms with Crippen molar-refractivity contribution >= 4 is 5.97 Å². The number of hydrogen-bond donors (Lipinski definition) is 3. The molecule has 0 bridgehead atoms. The molecule has 4 nitrogen and oxygen atoms in total. The SMILES string of the molecule is C[C@]12CCC3c4ccc(O)cc4CCC3C1CCC2NCCCC(=O)O. The molecule has 0 heterocycles. The Hall–Kier alpha value is -1.55. The maximum absolute atomic E-state index is 10.7. The highest BCUT2D eigenvalue weighted by molar-refractivity contribution is 5.66. The molecule has 0 radical (unpaired) electrons. The van der Waals surface area contributed by atoms with E-state index in [-0.39, 0.29) is 6.42 Å². The number of nitrogens with one attached hydrogen (secondary N) is 1. The van der Waals surface area contributed by atoms with Gasteiger partial charge >= 0.3 is 5.97 Å². The van der Waals surface area contributed by atoms with Crippen LogP contribution >= 0.6 is 0 Å². The van der Waals surface area contributed by atoms with Gasteiger partial charge in [0.05, 0.1) is 0 Å². The Morgan fingerprint density at radius 3 is 2.92 bits per heavy atom. The molecular formula is C22H31NO3. The van der Waals surface area contributed by atoms with Crippen molar-refractivity contribution in [3.05, 3.63) is 29.3 Å². The van der Waals surface area contributed by atoms with E-state index in [1.54, 1.807) is 0 Å². The second kappa shape index (κ2) is 6.88. The lowest BCUT2D eigenvalue weighted by Crippen LogP contribution is -2.48. The van der Waals surface area contributed by atoms with Crippen molar-refractivity contribution in [3.63, 3.8) is 0 Å². The molecule has 1 aromatic rings. The molecule has 142 valence electrons. The maximum atomic E-state index is 10.7. The molecular weight excluding hydrogens is 326 g/mol. The van der Waals surface area contributed by atoms with Gasteiger partial charge in [0.2, 0.25) is 0 Å². The van der Waals surface area contributed by atoms with Crippen LogP contribution in [0, 0.1) is 17.3 Å². The Morgan fingerprint density at radius 1 is 1.27 bits per heavy atom. The first-order valence-electron chi connectivity index (χ1n) is 10.3. The molecule has 3 aliphatic rings. The van der Waals surface area contributed by atoms with Gasteiger partial charge in [0, 0.05) is 12.5 Å². The van der Waals surface area contributed by atoms with E-state index in [9.17, 15) is 9.90 Å². The van der Waals surface area contributed by atoms with Crippen LogP contribution in [0.3, 0.4) is 0 Å². The number of benzene rings is 1. The summed E-state index contributed by atoms with van der Waals surface area (Å²) < 4.78 is 0. The predicted molar refractivity (Wildman–Crippen MR) is 101 cm³/mol. The van der Waals surface area contributed by atoms with Crippen molar-refractivity contribution in [3.8, 4) is 5.75 Å². The van der Waals surface area contributed by atoms with Gasteiger partial charge in [-0.05, 0) is 97.9 Å². The summed E-state index contributed by atoms with van der Waals surface area (Å²) in [5.74, 6) is 1.88.